The summed E-state index contributed by atoms with van der Waals surface area (Å²) in [6, 6.07) is 10.6. The van der Waals surface area contributed by atoms with Gasteiger partial charge < -0.3 is 9.72 Å². The van der Waals surface area contributed by atoms with Crippen molar-refractivity contribution in [1.82, 2.24) is 4.98 Å². The average Bonchev–Trinajstić information content (AvgIpc) is 3.01. The Balaban J connectivity index is 1.90. The molecule has 0 bridgehead atoms. The molecular formula is C22H23NO. The molecule has 24 heavy (non-hydrogen) atoms. The zero-order valence-electron chi connectivity index (χ0n) is 14.4. The Morgan fingerprint density at radius 3 is 2.58 bits per heavy atom. The van der Waals surface area contributed by atoms with Crippen LogP contribution in [0.1, 0.15) is 43.2 Å². The van der Waals surface area contributed by atoms with Crippen molar-refractivity contribution in [2.45, 2.75) is 39.0 Å². The molecule has 2 heteroatoms. The second kappa shape index (κ2) is 6.24. The number of H-pyrrole nitrogens is 1. The van der Waals surface area contributed by atoms with Gasteiger partial charge in [0.25, 0.3) is 0 Å². The van der Waals surface area contributed by atoms with Gasteiger partial charge in [0, 0.05) is 22.2 Å². The molecule has 1 aromatic heterocycles. The first-order valence-electron chi connectivity index (χ1n) is 8.87. The molecule has 0 saturated heterocycles. The van der Waals surface area contributed by atoms with E-state index in [9.17, 15) is 0 Å². The lowest BCUT2D eigenvalue weighted by Gasteiger charge is -2.15. The lowest BCUT2D eigenvalue weighted by atomic mass is 9.89. The van der Waals surface area contributed by atoms with Crippen LogP contribution in [0.5, 0.6) is 5.75 Å². The zero-order valence-corrected chi connectivity index (χ0v) is 14.4. The van der Waals surface area contributed by atoms with Crippen LogP contribution in [0.25, 0.3) is 21.8 Å². The van der Waals surface area contributed by atoms with Gasteiger partial charge in [0.05, 0.1) is 18.2 Å². The molecule has 0 atom stereocenters. The number of nitrogens with one attached hydrogen (secondary N) is 1. The maximum Gasteiger partial charge on any atom is 0.136 e. The molecule has 3 aromatic rings. The van der Waals surface area contributed by atoms with Gasteiger partial charge in [0.1, 0.15) is 5.75 Å². The highest BCUT2D eigenvalue weighted by molar-refractivity contribution is 6.10. The lowest BCUT2D eigenvalue weighted by Crippen LogP contribution is -2.03. The summed E-state index contributed by atoms with van der Waals surface area (Å²) < 4.78 is 5.60. The predicted octanol–water partition coefficient (Wildman–Crippen LogP) is 5.57. The Morgan fingerprint density at radius 1 is 1.00 bits per heavy atom. The number of rotatable bonds is 1. The number of aromatic amines is 1. The van der Waals surface area contributed by atoms with Gasteiger partial charge in [-0.15, -0.1) is 0 Å². The summed E-state index contributed by atoms with van der Waals surface area (Å²) in [6.45, 7) is 2.14. The van der Waals surface area contributed by atoms with Crippen LogP contribution in [0.4, 0.5) is 0 Å². The molecule has 0 unspecified atom stereocenters. The third-order valence-electron chi connectivity index (χ3n) is 5.21. The minimum absolute atomic E-state index is 0.532. The number of aryl methyl sites for hydroxylation is 1. The third-order valence-corrected chi connectivity index (χ3v) is 5.21. The monoisotopic (exact) mass is 317 g/mol. The number of ether oxygens (including phenoxy) is 1. The number of methoxy groups -OCH3 is 1. The van der Waals surface area contributed by atoms with Crippen molar-refractivity contribution in [2.75, 3.05) is 7.11 Å². The number of para-hydroxylation sites is 1. The highest BCUT2D eigenvalue weighted by Gasteiger charge is 2.14. The van der Waals surface area contributed by atoms with Crippen molar-refractivity contribution < 1.29 is 4.74 Å². The Bertz CT molecular complexity index is 949. The van der Waals surface area contributed by atoms with Crippen molar-refractivity contribution in [2.24, 2.45) is 5.92 Å². The summed E-state index contributed by atoms with van der Waals surface area (Å²) in [5, 5.41) is 2.48. The normalized spacial score (nSPS) is 15.4. The fourth-order valence-corrected chi connectivity index (χ4v) is 3.84. The predicted molar refractivity (Wildman–Crippen MR) is 101 cm³/mol. The average molecular weight is 317 g/mol. The third kappa shape index (κ3) is 2.55. The van der Waals surface area contributed by atoms with Crippen molar-refractivity contribution in [3.63, 3.8) is 0 Å². The molecule has 2 nitrogen and oxygen atoms in total. The lowest BCUT2D eigenvalue weighted by molar-refractivity contribution is 0.414. The van der Waals surface area contributed by atoms with Gasteiger partial charge in [-0.25, -0.2) is 0 Å². The van der Waals surface area contributed by atoms with Crippen molar-refractivity contribution in [1.29, 1.82) is 0 Å². The topological polar surface area (TPSA) is 25.0 Å². The summed E-state index contributed by atoms with van der Waals surface area (Å²) in [7, 11) is 1.72. The Morgan fingerprint density at radius 2 is 1.79 bits per heavy atom. The van der Waals surface area contributed by atoms with Gasteiger partial charge in [-0.3, -0.25) is 0 Å². The summed E-state index contributed by atoms with van der Waals surface area (Å²) in [5.74, 6) is 8.35. The van der Waals surface area contributed by atoms with E-state index in [0.29, 0.717) is 5.92 Å². The highest BCUT2D eigenvalue weighted by atomic mass is 16.5. The molecule has 0 spiro atoms. The molecule has 1 fully saturated rings. The van der Waals surface area contributed by atoms with Crippen LogP contribution >= 0.6 is 0 Å². The molecule has 0 aliphatic heterocycles. The van der Waals surface area contributed by atoms with Crippen molar-refractivity contribution in [3.8, 4) is 17.6 Å². The van der Waals surface area contributed by atoms with Gasteiger partial charge in [0.15, 0.2) is 0 Å². The van der Waals surface area contributed by atoms with Crippen LogP contribution in [-0.4, -0.2) is 12.1 Å². The van der Waals surface area contributed by atoms with E-state index < -0.39 is 0 Å². The molecule has 0 amide bonds. The maximum atomic E-state index is 5.60. The Labute approximate surface area is 143 Å². The molecule has 1 heterocycles. The van der Waals surface area contributed by atoms with Crippen molar-refractivity contribution in [3.05, 3.63) is 41.5 Å². The first-order chi connectivity index (χ1) is 11.8. The maximum absolute atomic E-state index is 5.60. The van der Waals surface area contributed by atoms with Gasteiger partial charge >= 0.3 is 0 Å². The summed E-state index contributed by atoms with van der Waals surface area (Å²) in [5.41, 5.74) is 4.55. The van der Waals surface area contributed by atoms with E-state index in [0.717, 1.165) is 16.8 Å². The van der Waals surface area contributed by atoms with E-state index in [2.05, 4.69) is 48.0 Å². The molecule has 1 aliphatic rings. The van der Waals surface area contributed by atoms with Crippen molar-refractivity contribution >= 4 is 21.8 Å². The first-order valence-corrected chi connectivity index (χ1v) is 8.87. The number of benzene rings is 2. The van der Waals surface area contributed by atoms with Gasteiger partial charge in [-0.2, -0.15) is 0 Å². The summed E-state index contributed by atoms with van der Waals surface area (Å²) >= 11 is 0. The fraction of sp³-hybridized carbons (Fsp3) is 0.364. The van der Waals surface area contributed by atoms with Crippen LogP contribution in [0.15, 0.2) is 30.3 Å². The number of aromatic nitrogens is 1. The summed E-state index contributed by atoms with van der Waals surface area (Å²) in [6.07, 6.45) is 6.45. The molecule has 1 aliphatic carbocycles. The Kier molecular flexibility index (Phi) is 3.94. The second-order valence-corrected chi connectivity index (χ2v) is 6.79. The smallest absolute Gasteiger partial charge is 0.136 e. The van der Waals surface area contributed by atoms with E-state index in [1.165, 1.54) is 54.0 Å². The van der Waals surface area contributed by atoms with Gasteiger partial charge in [-0.05, 0) is 37.5 Å². The van der Waals surface area contributed by atoms with Crippen LogP contribution in [0.2, 0.25) is 0 Å². The summed E-state index contributed by atoms with van der Waals surface area (Å²) in [4.78, 5) is 3.59. The van der Waals surface area contributed by atoms with Crippen LogP contribution in [-0.2, 0) is 0 Å². The van der Waals surface area contributed by atoms with Crippen LogP contribution < -0.4 is 4.74 Å². The number of hydrogen-bond acceptors (Lipinski definition) is 1. The Hall–Kier alpha value is -2.40. The highest BCUT2D eigenvalue weighted by Crippen LogP contribution is 2.33. The second-order valence-electron chi connectivity index (χ2n) is 6.79. The SMILES string of the molecule is COc1ccc2c([nH]c3c(C)cccc32)c1C#CC1CCCCC1. The molecule has 4 rings (SSSR count). The quantitative estimate of drug-likeness (QED) is 0.583. The number of fused-ring (bicyclic) bond motifs is 3. The molecule has 2 aromatic carbocycles. The number of hydrogen-bond donors (Lipinski definition) is 1. The minimum Gasteiger partial charge on any atom is -0.495 e. The molecule has 0 radical (unpaired) electrons. The van der Waals surface area contributed by atoms with Crippen LogP contribution in [0, 0.1) is 24.7 Å². The van der Waals surface area contributed by atoms with Gasteiger partial charge in [-0.1, -0.05) is 49.3 Å². The van der Waals surface area contributed by atoms with Crippen LogP contribution in [0.3, 0.4) is 0 Å². The van der Waals surface area contributed by atoms with E-state index in [-0.39, 0.29) is 0 Å². The fourth-order valence-electron chi connectivity index (χ4n) is 3.84. The van der Waals surface area contributed by atoms with E-state index in [4.69, 9.17) is 4.74 Å². The standard InChI is InChI=1S/C22H23NO/c1-15-7-6-10-17-18-13-14-20(24-2)19(22(18)23-21(15)17)12-11-16-8-4-3-5-9-16/h6-7,10,13-14,16,23H,3-5,8-9H2,1-2H3. The van der Waals surface area contributed by atoms with E-state index in [1.54, 1.807) is 7.11 Å². The van der Waals surface area contributed by atoms with Gasteiger partial charge in [0.2, 0.25) is 0 Å². The largest absolute Gasteiger partial charge is 0.495 e. The first kappa shape index (κ1) is 15.1. The minimum atomic E-state index is 0.532. The molecule has 1 N–H and O–H groups in total. The molecule has 122 valence electrons. The molecule has 1 saturated carbocycles. The van der Waals surface area contributed by atoms with E-state index >= 15 is 0 Å². The van der Waals surface area contributed by atoms with E-state index in [1.807, 2.05) is 6.07 Å². The zero-order chi connectivity index (χ0) is 16.5. The molecular weight excluding hydrogens is 294 g/mol.